The molecule has 0 aromatic carbocycles. The van der Waals surface area contributed by atoms with Crippen molar-refractivity contribution in [1.29, 1.82) is 0 Å². The molecular weight excluding hydrogens is 284 g/mol. The van der Waals surface area contributed by atoms with Gasteiger partial charge in [-0.1, -0.05) is 0 Å². The molecule has 0 spiro atoms. The van der Waals surface area contributed by atoms with Crippen molar-refractivity contribution in [2.75, 3.05) is 11.9 Å². The van der Waals surface area contributed by atoms with Crippen molar-refractivity contribution in [3.8, 4) is 0 Å². The first-order valence-electron chi connectivity index (χ1n) is 5.70. The Morgan fingerprint density at radius 1 is 1.65 bits per heavy atom. The van der Waals surface area contributed by atoms with Gasteiger partial charge in [-0.2, -0.15) is 0 Å². The lowest BCUT2D eigenvalue weighted by Gasteiger charge is -2.09. The fourth-order valence-corrected chi connectivity index (χ4v) is 2.04. The molecule has 92 valence electrons. The lowest BCUT2D eigenvalue weighted by atomic mass is 10.2. The second-order valence-electron chi connectivity index (χ2n) is 4.15. The Balaban J connectivity index is 1.90. The number of nitrogens with one attached hydrogen (secondary N) is 1. The second kappa shape index (κ2) is 5.60. The largest absolute Gasteiger partial charge is 0.378 e. The summed E-state index contributed by atoms with van der Waals surface area (Å²) in [5, 5.41) is 2.79. The number of halogens is 1. The molecule has 1 atom stereocenters. The van der Waals surface area contributed by atoms with Crippen LogP contribution in [-0.4, -0.2) is 23.6 Å². The van der Waals surface area contributed by atoms with Gasteiger partial charge < -0.3 is 10.1 Å². The Labute approximate surface area is 109 Å². The van der Waals surface area contributed by atoms with E-state index in [1.165, 1.54) is 0 Å². The normalized spacial score (nSPS) is 19.3. The van der Waals surface area contributed by atoms with Gasteiger partial charge in [-0.15, -0.1) is 0 Å². The lowest BCUT2D eigenvalue weighted by Crippen LogP contribution is -2.19. The number of carbonyl (C=O) groups excluding carboxylic acids is 1. The summed E-state index contributed by atoms with van der Waals surface area (Å²) in [5.41, 5.74) is 0.861. The van der Waals surface area contributed by atoms with E-state index < -0.39 is 0 Å². The van der Waals surface area contributed by atoms with Gasteiger partial charge in [0.15, 0.2) is 0 Å². The average Bonchev–Trinajstić information content (AvgIpc) is 2.76. The van der Waals surface area contributed by atoms with Crippen LogP contribution in [0.3, 0.4) is 0 Å². The van der Waals surface area contributed by atoms with Gasteiger partial charge in [0.05, 0.1) is 18.2 Å². The number of hydrogen-bond donors (Lipinski definition) is 1. The highest BCUT2D eigenvalue weighted by atomic mass is 79.9. The van der Waals surface area contributed by atoms with Gasteiger partial charge in [-0.05, 0) is 47.8 Å². The van der Waals surface area contributed by atoms with Crippen LogP contribution in [0.25, 0.3) is 0 Å². The third kappa shape index (κ3) is 3.51. The van der Waals surface area contributed by atoms with Gasteiger partial charge in [0.25, 0.3) is 0 Å². The molecule has 5 heteroatoms. The molecule has 2 rings (SSSR count). The minimum atomic E-state index is -0.0360. The Morgan fingerprint density at radius 3 is 3.12 bits per heavy atom. The minimum absolute atomic E-state index is 0.0360. The van der Waals surface area contributed by atoms with Crippen molar-refractivity contribution in [2.24, 2.45) is 0 Å². The van der Waals surface area contributed by atoms with Gasteiger partial charge in [-0.25, -0.2) is 4.98 Å². The molecule has 1 unspecified atom stereocenters. The standard InChI is InChI=1S/C12H15BrN2O2/c1-8-10(13)4-5-11(14-8)15-12(16)7-9-3-2-6-17-9/h4-5,9H,2-3,6-7H2,1H3,(H,14,15,16). The molecule has 1 aromatic heterocycles. The van der Waals surface area contributed by atoms with Crippen molar-refractivity contribution in [1.82, 2.24) is 4.98 Å². The molecule has 0 radical (unpaired) electrons. The first-order chi connectivity index (χ1) is 8.15. The Morgan fingerprint density at radius 2 is 2.47 bits per heavy atom. The number of aromatic nitrogens is 1. The number of hydrogen-bond acceptors (Lipinski definition) is 3. The van der Waals surface area contributed by atoms with Crippen molar-refractivity contribution < 1.29 is 9.53 Å². The van der Waals surface area contributed by atoms with E-state index in [9.17, 15) is 4.79 Å². The third-order valence-electron chi connectivity index (χ3n) is 2.73. The zero-order valence-corrected chi connectivity index (χ0v) is 11.3. The van der Waals surface area contributed by atoms with Crippen molar-refractivity contribution >= 4 is 27.7 Å². The van der Waals surface area contributed by atoms with E-state index in [-0.39, 0.29) is 12.0 Å². The number of rotatable bonds is 3. The van der Waals surface area contributed by atoms with Crippen LogP contribution in [0.2, 0.25) is 0 Å². The molecule has 0 bridgehead atoms. The molecule has 1 aliphatic rings. The van der Waals surface area contributed by atoms with Gasteiger partial charge in [0.1, 0.15) is 5.82 Å². The number of ether oxygens (including phenoxy) is 1. The fourth-order valence-electron chi connectivity index (χ4n) is 1.82. The average molecular weight is 299 g/mol. The summed E-state index contributed by atoms with van der Waals surface area (Å²) in [6.45, 7) is 2.66. The minimum Gasteiger partial charge on any atom is -0.378 e. The van der Waals surface area contributed by atoms with Crippen LogP contribution < -0.4 is 5.32 Å². The Kier molecular flexibility index (Phi) is 4.12. The maximum Gasteiger partial charge on any atom is 0.228 e. The smallest absolute Gasteiger partial charge is 0.228 e. The van der Waals surface area contributed by atoms with Crippen LogP contribution in [0.4, 0.5) is 5.82 Å². The Hall–Kier alpha value is -0.940. The van der Waals surface area contributed by atoms with Crippen LogP contribution in [0.1, 0.15) is 25.0 Å². The number of aryl methyl sites for hydroxylation is 1. The van der Waals surface area contributed by atoms with Crippen LogP contribution in [0.5, 0.6) is 0 Å². The number of anilines is 1. The SMILES string of the molecule is Cc1nc(NC(=O)CC2CCCO2)ccc1Br. The van der Waals surface area contributed by atoms with Crippen molar-refractivity contribution in [2.45, 2.75) is 32.3 Å². The van der Waals surface area contributed by atoms with E-state index in [1.54, 1.807) is 6.07 Å². The molecule has 4 nitrogen and oxygen atoms in total. The summed E-state index contributed by atoms with van der Waals surface area (Å²) in [6.07, 6.45) is 2.51. The van der Waals surface area contributed by atoms with Crippen LogP contribution >= 0.6 is 15.9 Å². The second-order valence-corrected chi connectivity index (χ2v) is 5.01. The number of pyridine rings is 1. The van der Waals surface area contributed by atoms with E-state index in [2.05, 4.69) is 26.2 Å². The summed E-state index contributed by atoms with van der Waals surface area (Å²) < 4.78 is 6.35. The highest BCUT2D eigenvalue weighted by molar-refractivity contribution is 9.10. The molecular formula is C12H15BrN2O2. The zero-order valence-electron chi connectivity index (χ0n) is 9.70. The first-order valence-corrected chi connectivity index (χ1v) is 6.49. The predicted molar refractivity (Wildman–Crippen MR) is 68.9 cm³/mol. The first kappa shape index (κ1) is 12.5. The van der Waals surface area contributed by atoms with Gasteiger partial charge in [-0.3, -0.25) is 4.79 Å². The molecule has 1 amide bonds. The van der Waals surface area contributed by atoms with Gasteiger partial charge in [0.2, 0.25) is 5.91 Å². The maximum atomic E-state index is 11.7. The quantitative estimate of drug-likeness (QED) is 0.933. The molecule has 1 N–H and O–H groups in total. The van der Waals surface area contributed by atoms with Crippen molar-refractivity contribution in [3.63, 3.8) is 0 Å². The third-order valence-corrected chi connectivity index (χ3v) is 3.56. The van der Waals surface area contributed by atoms with E-state index in [1.807, 2.05) is 13.0 Å². The van der Waals surface area contributed by atoms with Gasteiger partial charge in [0, 0.05) is 11.1 Å². The molecule has 1 aliphatic heterocycles. The van der Waals surface area contributed by atoms with Crippen LogP contribution in [0.15, 0.2) is 16.6 Å². The summed E-state index contributed by atoms with van der Waals surface area (Å²) in [4.78, 5) is 16.0. The van der Waals surface area contributed by atoms with E-state index in [0.717, 1.165) is 29.6 Å². The fraction of sp³-hybridized carbons (Fsp3) is 0.500. The highest BCUT2D eigenvalue weighted by Gasteiger charge is 2.19. The lowest BCUT2D eigenvalue weighted by molar-refractivity contribution is -0.118. The van der Waals surface area contributed by atoms with E-state index in [4.69, 9.17) is 4.74 Å². The zero-order chi connectivity index (χ0) is 12.3. The van der Waals surface area contributed by atoms with Crippen LogP contribution in [0, 0.1) is 6.92 Å². The molecule has 17 heavy (non-hydrogen) atoms. The summed E-state index contributed by atoms with van der Waals surface area (Å²) in [5.74, 6) is 0.555. The van der Waals surface area contributed by atoms with Crippen LogP contribution in [-0.2, 0) is 9.53 Å². The molecule has 1 saturated heterocycles. The monoisotopic (exact) mass is 298 g/mol. The predicted octanol–water partition coefficient (Wildman–Crippen LogP) is 2.66. The maximum absolute atomic E-state index is 11.7. The molecule has 0 aliphatic carbocycles. The molecule has 1 aromatic rings. The molecule has 1 fully saturated rings. The van der Waals surface area contributed by atoms with E-state index in [0.29, 0.717) is 12.2 Å². The summed E-state index contributed by atoms with van der Waals surface area (Å²) in [6, 6.07) is 3.66. The highest BCUT2D eigenvalue weighted by Crippen LogP contribution is 2.18. The molecule has 2 heterocycles. The Bertz CT molecular complexity index is 417. The van der Waals surface area contributed by atoms with Crippen molar-refractivity contribution in [3.05, 3.63) is 22.3 Å². The molecule has 0 saturated carbocycles. The van der Waals surface area contributed by atoms with E-state index >= 15 is 0 Å². The number of amides is 1. The summed E-state index contributed by atoms with van der Waals surface area (Å²) in [7, 11) is 0. The number of nitrogens with zero attached hydrogens (tertiary/aromatic N) is 1. The summed E-state index contributed by atoms with van der Waals surface area (Å²) >= 11 is 3.37. The van der Waals surface area contributed by atoms with Gasteiger partial charge >= 0.3 is 0 Å². The number of carbonyl (C=O) groups is 1. The topological polar surface area (TPSA) is 51.2 Å².